The zero-order valence-corrected chi connectivity index (χ0v) is 10.9. The Bertz CT molecular complexity index is 179. The molecule has 0 aliphatic heterocycles. The molecule has 0 N–H and O–H groups in total. The molecule has 0 atom stereocenters. The maximum atomic E-state index is 11.5. The van der Waals surface area contributed by atoms with Crippen LogP contribution in [0.2, 0.25) is 0 Å². The molecule has 0 spiro atoms. The molecule has 0 fully saturated rings. The topological polar surface area (TPSA) is 26.1 Å². The van der Waals surface area contributed by atoms with Crippen LogP contribution in [0, 0.1) is 5.21 Å². The van der Waals surface area contributed by atoms with Crippen molar-refractivity contribution in [3.63, 3.8) is 0 Å². The summed E-state index contributed by atoms with van der Waals surface area (Å²) in [6.45, 7) is 8.06. The van der Waals surface area contributed by atoms with Gasteiger partial charge < -0.3 is 5.21 Å². The van der Waals surface area contributed by atoms with Gasteiger partial charge in [-0.3, -0.25) is 0 Å². The molecule has 0 aliphatic rings. The van der Waals surface area contributed by atoms with Crippen LogP contribution < -0.4 is 0 Å². The number of nitrogens with zero attached hydrogens (tertiary/aromatic N) is 1. The summed E-state index contributed by atoms with van der Waals surface area (Å²) >= 11 is 0. The van der Waals surface area contributed by atoms with Crippen LogP contribution in [0.1, 0.15) is 72.6 Å². The quantitative estimate of drug-likeness (QED) is 0.205. The third kappa shape index (κ3) is 8.46. The first-order valence-corrected chi connectivity index (χ1v) is 6.28. The van der Waals surface area contributed by atoms with Crippen LogP contribution in [0.15, 0.2) is 0 Å². The van der Waals surface area contributed by atoms with E-state index in [9.17, 15) is 5.21 Å². The SMILES string of the molecule is CCCCCCCC/C=[N+](\[O-])C(C)(C)C. The molecule has 15 heavy (non-hydrogen) atoms. The highest BCUT2D eigenvalue weighted by Crippen LogP contribution is 2.08. The molecule has 0 aliphatic carbocycles. The molecule has 0 bridgehead atoms. The Morgan fingerprint density at radius 3 is 2.07 bits per heavy atom. The summed E-state index contributed by atoms with van der Waals surface area (Å²) in [5.41, 5.74) is -0.276. The minimum atomic E-state index is -0.276. The first-order chi connectivity index (χ1) is 6.98. The van der Waals surface area contributed by atoms with E-state index in [0.717, 1.165) is 17.6 Å². The summed E-state index contributed by atoms with van der Waals surface area (Å²) in [7, 11) is 0. The Hall–Kier alpha value is -0.530. The molecule has 0 aromatic carbocycles. The van der Waals surface area contributed by atoms with E-state index in [1.807, 2.05) is 20.8 Å². The second-order valence-electron chi connectivity index (χ2n) is 5.24. The lowest BCUT2D eigenvalue weighted by molar-refractivity contribution is -0.532. The summed E-state index contributed by atoms with van der Waals surface area (Å²) in [6, 6.07) is 0. The van der Waals surface area contributed by atoms with Crippen LogP contribution in [-0.2, 0) is 0 Å². The zero-order chi connectivity index (χ0) is 11.7. The van der Waals surface area contributed by atoms with E-state index in [1.54, 1.807) is 6.21 Å². The van der Waals surface area contributed by atoms with Crippen molar-refractivity contribution < 1.29 is 4.74 Å². The van der Waals surface area contributed by atoms with Crippen molar-refractivity contribution in [1.29, 1.82) is 0 Å². The van der Waals surface area contributed by atoms with Crippen molar-refractivity contribution in [2.45, 2.75) is 78.2 Å². The molecule has 0 amide bonds. The number of unbranched alkanes of at least 4 members (excludes halogenated alkanes) is 6. The number of hydrogen-bond acceptors (Lipinski definition) is 1. The van der Waals surface area contributed by atoms with Crippen LogP contribution in [0.4, 0.5) is 0 Å². The summed E-state index contributed by atoms with van der Waals surface area (Å²) in [5, 5.41) is 11.5. The molecule has 0 rings (SSSR count). The molecule has 90 valence electrons. The van der Waals surface area contributed by atoms with E-state index in [0.29, 0.717) is 0 Å². The molecular weight excluding hydrogens is 186 g/mol. The lowest BCUT2D eigenvalue weighted by Crippen LogP contribution is -2.29. The highest BCUT2D eigenvalue weighted by Gasteiger charge is 2.17. The summed E-state index contributed by atoms with van der Waals surface area (Å²) in [4.78, 5) is 0. The van der Waals surface area contributed by atoms with Gasteiger partial charge in [0.05, 0.1) is 0 Å². The van der Waals surface area contributed by atoms with Crippen molar-refractivity contribution in [2.75, 3.05) is 0 Å². The van der Waals surface area contributed by atoms with E-state index in [-0.39, 0.29) is 5.54 Å². The van der Waals surface area contributed by atoms with Gasteiger partial charge in [0, 0.05) is 27.2 Å². The molecule has 0 saturated heterocycles. The fourth-order valence-electron chi connectivity index (χ4n) is 1.41. The fourth-order valence-corrected chi connectivity index (χ4v) is 1.41. The van der Waals surface area contributed by atoms with Crippen molar-refractivity contribution in [2.24, 2.45) is 0 Å². The standard InChI is InChI=1S/C13H27NO/c1-5-6-7-8-9-10-11-12-14(15)13(2,3)4/h12H,5-11H2,1-4H3/b14-12-. The fraction of sp³-hybridized carbons (Fsp3) is 0.923. The van der Waals surface area contributed by atoms with Gasteiger partial charge in [-0.1, -0.05) is 39.0 Å². The van der Waals surface area contributed by atoms with Crippen LogP contribution >= 0.6 is 0 Å². The number of hydroxylamine groups is 1. The van der Waals surface area contributed by atoms with E-state index in [1.165, 1.54) is 32.1 Å². The second-order valence-corrected chi connectivity index (χ2v) is 5.24. The average molecular weight is 213 g/mol. The second kappa shape index (κ2) is 7.72. The normalized spacial score (nSPS) is 13.2. The Balaban J connectivity index is 3.45. The predicted molar refractivity (Wildman–Crippen MR) is 67.4 cm³/mol. The third-order valence-electron chi connectivity index (χ3n) is 2.51. The van der Waals surface area contributed by atoms with Gasteiger partial charge in [0.2, 0.25) is 0 Å². The van der Waals surface area contributed by atoms with Crippen LogP contribution in [0.25, 0.3) is 0 Å². The van der Waals surface area contributed by atoms with E-state index in [4.69, 9.17) is 0 Å². The smallest absolute Gasteiger partial charge is 0.164 e. The van der Waals surface area contributed by atoms with Gasteiger partial charge in [0.15, 0.2) is 11.8 Å². The zero-order valence-electron chi connectivity index (χ0n) is 10.9. The van der Waals surface area contributed by atoms with Gasteiger partial charge in [0.1, 0.15) is 0 Å². The van der Waals surface area contributed by atoms with Gasteiger partial charge in [-0.2, -0.15) is 0 Å². The minimum absolute atomic E-state index is 0.276. The summed E-state index contributed by atoms with van der Waals surface area (Å²) in [6.07, 6.45) is 10.4. The third-order valence-corrected chi connectivity index (χ3v) is 2.51. The Kier molecular flexibility index (Phi) is 7.45. The first-order valence-electron chi connectivity index (χ1n) is 6.28. The highest BCUT2D eigenvalue weighted by atomic mass is 16.5. The van der Waals surface area contributed by atoms with E-state index < -0.39 is 0 Å². The molecule has 0 saturated carbocycles. The maximum absolute atomic E-state index is 11.5. The number of rotatable bonds is 7. The molecule has 0 aromatic rings. The summed E-state index contributed by atoms with van der Waals surface area (Å²) < 4.78 is 1.08. The van der Waals surface area contributed by atoms with Gasteiger partial charge in [0.25, 0.3) is 0 Å². The van der Waals surface area contributed by atoms with Crippen LogP contribution in [0.5, 0.6) is 0 Å². The lowest BCUT2D eigenvalue weighted by atomic mass is 10.1. The molecule has 0 radical (unpaired) electrons. The molecule has 0 unspecified atom stereocenters. The molecule has 0 aromatic heterocycles. The van der Waals surface area contributed by atoms with Gasteiger partial charge in [-0.05, 0) is 6.42 Å². The minimum Gasteiger partial charge on any atom is -0.624 e. The monoisotopic (exact) mass is 213 g/mol. The Morgan fingerprint density at radius 2 is 1.53 bits per heavy atom. The van der Waals surface area contributed by atoms with Crippen LogP contribution in [-0.4, -0.2) is 16.5 Å². The first kappa shape index (κ1) is 14.5. The Morgan fingerprint density at radius 1 is 1.00 bits per heavy atom. The highest BCUT2D eigenvalue weighted by molar-refractivity contribution is 5.51. The van der Waals surface area contributed by atoms with Crippen molar-refractivity contribution in [3.8, 4) is 0 Å². The number of hydrogen-bond donors (Lipinski definition) is 0. The molecule has 0 heterocycles. The molecule has 2 nitrogen and oxygen atoms in total. The van der Waals surface area contributed by atoms with E-state index in [2.05, 4.69) is 6.92 Å². The van der Waals surface area contributed by atoms with Crippen molar-refractivity contribution >= 4 is 6.21 Å². The summed E-state index contributed by atoms with van der Waals surface area (Å²) in [5.74, 6) is 0. The van der Waals surface area contributed by atoms with Gasteiger partial charge in [-0.25, -0.2) is 4.74 Å². The lowest BCUT2D eigenvalue weighted by Gasteiger charge is -2.18. The largest absolute Gasteiger partial charge is 0.624 e. The average Bonchev–Trinajstić information content (AvgIpc) is 2.14. The van der Waals surface area contributed by atoms with Gasteiger partial charge >= 0.3 is 0 Å². The van der Waals surface area contributed by atoms with E-state index >= 15 is 0 Å². The Labute approximate surface area is 95.0 Å². The molecule has 2 heteroatoms. The van der Waals surface area contributed by atoms with Crippen molar-refractivity contribution in [1.82, 2.24) is 0 Å². The molecular formula is C13H27NO. The predicted octanol–water partition coefficient (Wildman–Crippen LogP) is 4.12. The maximum Gasteiger partial charge on any atom is 0.164 e. The van der Waals surface area contributed by atoms with Crippen LogP contribution in [0.3, 0.4) is 0 Å². The van der Waals surface area contributed by atoms with Crippen molar-refractivity contribution in [3.05, 3.63) is 5.21 Å². The van der Waals surface area contributed by atoms with Gasteiger partial charge in [-0.15, -0.1) is 0 Å².